The van der Waals surface area contributed by atoms with E-state index in [0.717, 1.165) is 16.9 Å². The molecule has 1 atom stereocenters. The van der Waals surface area contributed by atoms with Crippen molar-refractivity contribution in [3.63, 3.8) is 0 Å². The Morgan fingerprint density at radius 1 is 1.28 bits per heavy atom. The van der Waals surface area contributed by atoms with Gasteiger partial charge in [-0.15, -0.1) is 0 Å². The van der Waals surface area contributed by atoms with Crippen LogP contribution in [0.15, 0.2) is 42.9 Å². The highest BCUT2D eigenvalue weighted by Crippen LogP contribution is 2.17. The molecular weight excluding hydrogens is 244 g/mol. The molecule has 92 valence electrons. The van der Waals surface area contributed by atoms with E-state index in [9.17, 15) is 0 Å². The molecule has 0 aliphatic carbocycles. The van der Waals surface area contributed by atoms with E-state index in [1.54, 1.807) is 24.7 Å². The maximum Gasteiger partial charge on any atom is 0.127 e. The van der Waals surface area contributed by atoms with E-state index in [-0.39, 0.29) is 6.04 Å². The number of thiocarbonyl (C=S) groups is 1. The molecule has 4 nitrogen and oxygen atoms in total. The van der Waals surface area contributed by atoms with E-state index in [1.165, 1.54) is 0 Å². The lowest BCUT2D eigenvalue weighted by Crippen LogP contribution is -2.12. The number of rotatable bonds is 4. The quantitative estimate of drug-likeness (QED) is 0.824. The van der Waals surface area contributed by atoms with E-state index < -0.39 is 0 Å². The molecule has 0 amide bonds. The molecule has 1 unspecified atom stereocenters. The molecular formula is C13H14N4S. The number of nitrogens with one attached hydrogen (secondary N) is 1. The van der Waals surface area contributed by atoms with Crippen molar-refractivity contribution in [1.82, 2.24) is 9.97 Å². The third kappa shape index (κ3) is 3.01. The van der Waals surface area contributed by atoms with Crippen LogP contribution in [0.4, 0.5) is 5.82 Å². The van der Waals surface area contributed by atoms with Crippen LogP contribution in [0.25, 0.3) is 0 Å². The van der Waals surface area contributed by atoms with E-state index >= 15 is 0 Å². The van der Waals surface area contributed by atoms with Gasteiger partial charge in [0.2, 0.25) is 0 Å². The average Bonchev–Trinajstić information content (AvgIpc) is 2.40. The Labute approximate surface area is 111 Å². The summed E-state index contributed by atoms with van der Waals surface area (Å²) in [5.41, 5.74) is 7.55. The van der Waals surface area contributed by atoms with Gasteiger partial charge in [-0.3, -0.25) is 4.98 Å². The molecule has 2 rings (SSSR count). The molecule has 0 aliphatic rings. The van der Waals surface area contributed by atoms with Gasteiger partial charge in [0.1, 0.15) is 10.8 Å². The highest BCUT2D eigenvalue weighted by atomic mass is 32.1. The topological polar surface area (TPSA) is 63.8 Å². The van der Waals surface area contributed by atoms with Crippen LogP contribution in [0.5, 0.6) is 0 Å². The maximum atomic E-state index is 5.59. The fourth-order valence-corrected chi connectivity index (χ4v) is 1.75. The summed E-state index contributed by atoms with van der Waals surface area (Å²) >= 11 is 4.94. The van der Waals surface area contributed by atoms with Gasteiger partial charge in [-0.05, 0) is 36.8 Å². The largest absolute Gasteiger partial charge is 0.389 e. The predicted molar refractivity (Wildman–Crippen MR) is 76.4 cm³/mol. The lowest BCUT2D eigenvalue weighted by atomic mass is 10.1. The standard InChI is InChI=1S/C13H14N4S/c1-9(10-2-5-15-6-3-10)17-12-8-11(13(14)18)4-7-16-12/h2-9H,1H3,(H2,14,18)(H,16,17). The fourth-order valence-electron chi connectivity index (χ4n) is 1.62. The van der Waals surface area contributed by atoms with E-state index in [4.69, 9.17) is 18.0 Å². The molecule has 0 bridgehead atoms. The van der Waals surface area contributed by atoms with Gasteiger partial charge in [-0.2, -0.15) is 0 Å². The highest BCUT2D eigenvalue weighted by Gasteiger charge is 2.06. The van der Waals surface area contributed by atoms with Gasteiger partial charge in [0, 0.05) is 24.2 Å². The van der Waals surface area contributed by atoms with Crippen LogP contribution < -0.4 is 11.1 Å². The van der Waals surface area contributed by atoms with Crippen LogP contribution in [0, 0.1) is 0 Å². The molecule has 0 saturated heterocycles. The number of pyridine rings is 2. The van der Waals surface area contributed by atoms with E-state index in [2.05, 4.69) is 22.2 Å². The Morgan fingerprint density at radius 2 is 2.00 bits per heavy atom. The molecule has 18 heavy (non-hydrogen) atoms. The summed E-state index contributed by atoms with van der Waals surface area (Å²) in [6, 6.07) is 7.72. The minimum Gasteiger partial charge on any atom is -0.389 e. The van der Waals surface area contributed by atoms with Crippen molar-refractivity contribution in [2.75, 3.05) is 5.32 Å². The van der Waals surface area contributed by atoms with Crippen LogP contribution in [-0.4, -0.2) is 15.0 Å². The number of nitrogens with two attached hydrogens (primary N) is 1. The minimum atomic E-state index is 0.141. The van der Waals surface area contributed by atoms with Gasteiger partial charge < -0.3 is 11.1 Å². The summed E-state index contributed by atoms with van der Waals surface area (Å²) in [6.07, 6.45) is 5.23. The molecule has 5 heteroatoms. The van der Waals surface area contributed by atoms with Gasteiger partial charge in [0.15, 0.2) is 0 Å². The molecule has 0 radical (unpaired) electrons. The maximum absolute atomic E-state index is 5.59. The molecule has 2 heterocycles. The average molecular weight is 258 g/mol. The van der Waals surface area contributed by atoms with Gasteiger partial charge >= 0.3 is 0 Å². The van der Waals surface area contributed by atoms with Crippen LogP contribution in [0.3, 0.4) is 0 Å². The zero-order valence-corrected chi connectivity index (χ0v) is 10.8. The number of aromatic nitrogens is 2. The first-order valence-corrected chi connectivity index (χ1v) is 6.00. The zero-order chi connectivity index (χ0) is 13.0. The van der Waals surface area contributed by atoms with Gasteiger partial charge in [-0.1, -0.05) is 12.2 Å². The molecule has 3 N–H and O–H groups in total. The van der Waals surface area contributed by atoms with Gasteiger partial charge in [0.25, 0.3) is 0 Å². The van der Waals surface area contributed by atoms with E-state index in [1.807, 2.05) is 18.2 Å². The second-order valence-corrected chi connectivity index (χ2v) is 4.38. The number of hydrogen-bond acceptors (Lipinski definition) is 4. The summed E-state index contributed by atoms with van der Waals surface area (Å²) < 4.78 is 0. The fraction of sp³-hybridized carbons (Fsp3) is 0.154. The third-order valence-electron chi connectivity index (χ3n) is 2.61. The van der Waals surface area contributed by atoms with Crippen molar-refractivity contribution in [1.29, 1.82) is 0 Å². The van der Waals surface area contributed by atoms with Crippen molar-refractivity contribution < 1.29 is 0 Å². The normalized spacial score (nSPS) is 11.8. The molecule has 2 aromatic rings. The van der Waals surface area contributed by atoms with Crippen molar-refractivity contribution in [3.8, 4) is 0 Å². The second-order valence-electron chi connectivity index (χ2n) is 3.94. The third-order valence-corrected chi connectivity index (χ3v) is 2.85. The summed E-state index contributed by atoms with van der Waals surface area (Å²) in [5, 5.41) is 3.30. The monoisotopic (exact) mass is 258 g/mol. The van der Waals surface area contributed by atoms with Crippen molar-refractivity contribution in [2.24, 2.45) is 5.73 Å². The van der Waals surface area contributed by atoms with Crippen molar-refractivity contribution in [3.05, 3.63) is 54.0 Å². The zero-order valence-electron chi connectivity index (χ0n) is 10.00. The first-order chi connectivity index (χ1) is 8.66. The Balaban J connectivity index is 2.14. The molecule has 0 saturated carbocycles. The highest BCUT2D eigenvalue weighted by molar-refractivity contribution is 7.80. The van der Waals surface area contributed by atoms with Gasteiger partial charge in [0.05, 0.1) is 6.04 Å². The number of nitrogens with zero attached hydrogens (tertiary/aromatic N) is 2. The first kappa shape index (κ1) is 12.4. The summed E-state index contributed by atoms with van der Waals surface area (Å²) in [6.45, 7) is 2.06. The SMILES string of the molecule is CC(Nc1cc(C(N)=S)ccn1)c1ccncc1. The van der Waals surface area contributed by atoms with Gasteiger partial charge in [-0.25, -0.2) is 4.98 Å². The summed E-state index contributed by atoms with van der Waals surface area (Å²) in [5.74, 6) is 0.754. The number of hydrogen-bond donors (Lipinski definition) is 2. The molecule has 0 aromatic carbocycles. The summed E-state index contributed by atoms with van der Waals surface area (Å²) in [7, 11) is 0. The number of anilines is 1. The van der Waals surface area contributed by atoms with Crippen LogP contribution in [-0.2, 0) is 0 Å². The van der Waals surface area contributed by atoms with E-state index in [0.29, 0.717) is 4.99 Å². The minimum absolute atomic E-state index is 0.141. The first-order valence-electron chi connectivity index (χ1n) is 5.59. The van der Waals surface area contributed by atoms with Crippen LogP contribution in [0.2, 0.25) is 0 Å². The van der Waals surface area contributed by atoms with Crippen molar-refractivity contribution in [2.45, 2.75) is 13.0 Å². The Bertz CT molecular complexity index is 542. The lowest BCUT2D eigenvalue weighted by Gasteiger charge is -2.15. The van der Waals surface area contributed by atoms with Crippen molar-refractivity contribution >= 4 is 23.0 Å². The Kier molecular flexibility index (Phi) is 3.84. The molecule has 0 aliphatic heterocycles. The smallest absolute Gasteiger partial charge is 0.127 e. The Morgan fingerprint density at radius 3 is 2.67 bits per heavy atom. The lowest BCUT2D eigenvalue weighted by molar-refractivity contribution is 0.871. The molecule has 2 aromatic heterocycles. The second kappa shape index (κ2) is 5.55. The van der Waals surface area contributed by atoms with Crippen LogP contribution >= 0.6 is 12.2 Å². The Hall–Kier alpha value is -2.01. The van der Waals surface area contributed by atoms with Crippen LogP contribution in [0.1, 0.15) is 24.1 Å². The summed E-state index contributed by atoms with van der Waals surface area (Å²) in [4.78, 5) is 8.61. The molecule has 0 spiro atoms. The molecule has 0 fully saturated rings. The predicted octanol–water partition coefficient (Wildman–Crippen LogP) is 2.28.